The third-order valence-corrected chi connectivity index (χ3v) is 6.84. The molecule has 30 heavy (non-hydrogen) atoms. The zero-order chi connectivity index (χ0) is 22.4. The molecule has 2 aromatic carbocycles. The van der Waals surface area contributed by atoms with E-state index in [2.05, 4.69) is 53.7 Å². The van der Waals surface area contributed by atoms with Crippen LogP contribution in [0.4, 0.5) is 0 Å². The average Bonchev–Trinajstić information content (AvgIpc) is 2.71. The molecule has 2 atom stereocenters. The van der Waals surface area contributed by atoms with Gasteiger partial charge in [0, 0.05) is 5.41 Å². The van der Waals surface area contributed by atoms with Crippen molar-refractivity contribution in [2.45, 2.75) is 90.8 Å². The highest BCUT2D eigenvalue weighted by molar-refractivity contribution is 5.89. The van der Waals surface area contributed by atoms with Crippen LogP contribution in [-0.2, 0) is 15.8 Å². The molecule has 0 saturated carbocycles. The first-order chi connectivity index (χ1) is 13.9. The molecule has 0 fully saturated rings. The molecule has 0 heterocycles. The van der Waals surface area contributed by atoms with Crippen LogP contribution in [0.1, 0.15) is 112 Å². The highest BCUT2D eigenvalue weighted by Crippen LogP contribution is 2.60. The summed E-state index contributed by atoms with van der Waals surface area (Å²) in [5, 5.41) is 12.0. The van der Waals surface area contributed by atoms with Crippen molar-refractivity contribution in [2.75, 3.05) is 0 Å². The van der Waals surface area contributed by atoms with Crippen molar-refractivity contribution in [2.24, 2.45) is 0 Å². The third kappa shape index (κ3) is 3.37. The highest BCUT2D eigenvalue weighted by atomic mass is 16.5. The number of rotatable bonds is 6. The Bertz CT molecular complexity index is 920. The fourth-order valence-corrected chi connectivity index (χ4v) is 4.50. The number of esters is 1. The summed E-state index contributed by atoms with van der Waals surface area (Å²) in [5.74, 6) is 0.429. The molecule has 3 rings (SSSR count). The quantitative estimate of drug-likeness (QED) is 0.561. The van der Waals surface area contributed by atoms with Crippen molar-refractivity contribution in [3.8, 4) is 0 Å². The zero-order valence-corrected chi connectivity index (χ0v) is 19.7. The predicted molar refractivity (Wildman–Crippen MR) is 122 cm³/mol. The van der Waals surface area contributed by atoms with E-state index >= 15 is 0 Å². The topological polar surface area (TPSA) is 46.5 Å². The van der Waals surface area contributed by atoms with E-state index in [1.165, 1.54) is 16.7 Å². The lowest BCUT2D eigenvalue weighted by Crippen LogP contribution is -2.56. The van der Waals surface area contributed by atoms with Crippen LogP contribution < -0.4 is 0 Å². The third-order valence-electron chi connectivity index (χ3n) is 6.84. The average molecular weight is 409 g/mol. The number of carbonyl (C=O) groups excluding carboxylic acids is 1. The highest BCUT2D eigenvalue weighted by Gasteiger charge is 2.59. The van der Waals surface area contributed by atoms with Gasteiger partial charge in [0.15, 0.2) is 0 Å². The van der Waals surface area contributed by atoms with E-state index in [4.69, 9.17) is 4.74 Å². The van der Waals surface area contributed by atoms with Gasteiger partial charge in [0.25, 0.3) is 0 Å². The van der Waals surface area contributed by atoms with Crippen LogP contribution in [0.15, 0.2) is 36.4 Å². The van der Waals surface area contributed by atoms with Crippen LogP contribution in [0.5, 0.6) is 0 Å². The van der Waals surface area contributed by atoms with E-state index in [-0.39, 0.29) is 12.1 Å². The number of aliphatic hydroxyl groups is 1. The Hall–Kier alpha value is -2.13. The molecule has 0 radical (unpaired) electrons. The van der Waals surface area contributed by atoms with Crippen LogP contribution in [-0.4, -0.2) is 17.2 Å². The van der Waals surface area contributed by atoms with E-state index in [0.29, 0.717) is 17.4 Å². The number of carbonyl (C=O) groups is 1. The Morgan fingerprint density at radius 2 is 1.60 bits per heavy atom. The molecule has 162 valence electrons. The monoisotopic (exact) mass is 408 g/mol. The molecule has 0 amide bonds. The van der Waals surface area contributed by atoms with Gasteiger partial charge in [0.1, 0.15) is 5.60 Å². The Morgan fingerprint density at radius 3 is 2.10 bits per heavy atom. The molecule has 0 saturated heterocycles. The SMILES string of the molecule is CC[C@@H](C)OC(=O)c1ccc([C@@]2(O)c3c(C(C)C)cc(C(C)C)cc3C2(C)C)cc1. The largest absolute Gasteiger partial charge is 0.459 e. The molecule has 0 spiro atoms. The first-order valence-corrected chi connectivity index (χ1v) is 11.2. The maximum absolute atomic E-state index is 12.3. The van der Waals surface area contributed by atoms with Gasteiger partial charge in [-0.3, -0.25) is 0 Å². The van der Waals surface area contributed by atoms with Gasteiger partial charge in [0.2, 0.25) is 0 Å². The number of benzene rings is 2. The maximum atomic E-state index is 12.3. The Labute approximate surface area is 181 Å². The Balaban J connectivity index is 2.06. The standard InChI is InChI=1S/C27H36O3/c1-9-18(6)30-25(28)19-10-12-21(13-11-19)27(29)24-22(17(4)5)14-20(16(2)3)15-23(24)26(27,7)8/h10-18,29H,9H2,1-8H3/t18-,27-/m1/s1. The van der Waals surface area contributed by atoms with E-state index in [1.54, 1.807) is 12.1 Å². The smallest absolute Gasteiger partial charge is 0.338 e. The summed E-state index contributed by atoms with van der Waals surface area (Å²) in [6.07, 6.45) is 0.674. The van der Waals surface area contributed by atoms with E-state index in [0.717, 1.165) is 17.5 Å². The second-order valence-electron chi connectivity index (χ2n) is 9.88. The zero-order valence-electron chi connectivity index (χ0n) is 19.7. The second kappa shape index (κ2) is 7.85. The minimum atomic E-state index is -1.09. The van der Waals surface area contributed by atoms with Gasteiger partial charge >= 0.3 is 5.97 Å². The molecule has 1 aliphatic rings. The van der Waals surface area contributed by atoms with Gasteiger partial charge < -0.3 is 9.84 Å². The van der Waals surface area contributed by atoms with Crippen LogP contribution in [0.3, 0.4) is 0 Å². The normalized spacial score (nSPS) is 20.6. The summed E-state index contributed by atoms with van der Waals surface area (Å²) >= 11 is 0. The van der Waals surface area contributed by atoms with Gasteiger partial charge in [-0.15, -0.1) is 0 Å². The van der Waals surface area contributed by atoms with Crippen molar-refractivity contribution in [3.05, 3.63) is 69.8 Å². The summed E-state index contributed by atoms with van der Waals surface area (Å²) in [6, 6.07) is 11.8. The summed E-state index contributed by atoms with van der Waals surface area (Å²) in [7, 11) is 0. The van der Waals surface area contributed by atoms with Gasteiger partial charge in [0.05, 0.1) is 11.7 Å². The van der Waals surface area contributed by atoms with Gasteiger partial charge in [-0.05, 0) is 65.1 Å². The summed E-state index contributed by atoms with van der Waals surface area (Å²) in [6.45, 7) is 16.9. The minimum absolute atomic E-state index is 0.109. The molecule has 0 aliphatic heterocycles. The molecule has 1 aliphatic carbocycles. The number of hydrogen-bond acceptors (Lipinski definition) is 3. The van der Waals surface area contributed by atoms with Gasteiger partial charge in [-0.2, -0.15) is 0 Å². The second-order valence-corrected chi connectivity index (χ2v) is 9.88. The molecule has 3 nitrogen and oxygen atoms in total. The number of hydrogen-bond donors (Lipinski definition) is 1. The van der Waals surface area contributed by atoms with Crippen molar-refractivity contribution in [1.82, 2.24) is 0 Å². The lowest BCUT2D eigenvalue weighted by atomic mass is 9.50. The summed E-state index contributed by atoms with van der Waals surface area (Å²) in [4.78, 5) is 12.3. The lowest BCUT2D eigenvalue weighted by Gasteiger charge is -2.56. The van der Waals surface area contributed by atoms with Crippen molar-refractivity contribution >= 4 is 5.97 Å². The van der Waals surface area contributed by atoms with Crippen LogP contribution >= 0.6 is 0 Å². The number of fused-ring (bicyclic) bond motifs is 1. The Kier molecular flexibility index (Phi) is 5.90. The van der Waals surface area contributed by atoms with Crippen molar-refractivity contribution in [3.63, 3.8) is 0 Å². The molecule has 2 aromatic rings. The molecular weight excluding hydrogens is 372 g/mol. The summed E-state index contributed by atoms with van der Waals surface area (Å²) in [5.41, 5.74) is 4.60. The maximum Gasteiger partial charge on any atom is 0.338 e. The van der Waals surface area contributed by atoms with E-state index < -0.39 is 11.0 Å². The lowest BCUT2D eigenvalue weighted by molar-refractivity contribution is -0.0255. The fourth-order valence-electron chi connectivity index (χ4n) is 4.50. The first kappa shape index (κ1) is 22.6. The minimum Gasteiger partial charge on any atom is -0.459 e. The molecule has 0 bridgehead atoms. The molecule has 0 aromatic heterocycles. The predicted octanol–water partition coefficient (Wildman–Crippen LogP) is 6.42. The van der Waals surface area contributed by atoms with Gasteiger partial charge in [-0.1, -0.05) is 72.7 Å². The first-order valence-electron chi connectivity index (χ1n) is 11.2. The van der Waals surface area contributed by atoms with Crippen molar-refractivity contribution in [1.29, 1.82) is 0 Å². The fraction of sp³-hybridized carbons (Fsp3) is 0.519. The molecular formula is C27H36O3. The molecule has 0 unspecified atom stereocenters. The van der Waals surface area contributed by atoms with Gasteiger partial charge in [-0.25, -0.2) is 4.79 Å². The summed E-state index contributed by atoms with van der Waals surface area (Å²) < 4.78 is 5.43. The van der Waals surface area contributed by atoms with Crippen LogP contribution in [0.25, 0.3) is 0 Å². The number of ether oxygens (including phenoxy) is 1. The van der Waals surface area contributed by atoms with Crippen LogP contribution in [0.2, 0.25) is 0 Å². The molecule has 1 N–H and O–H groups in total. The van der Waals surface area contributed by atoms with E-state index in [1.807, 2.05) is 26.0 Å². The van der Waals surface area contributed by atoms with Crippen LogP contribution in [0, 0.1) is 0 Å². The van der Waals surface area contributed by atoms with E-state index in [9.17, 15) is 9.90 Å². The van der Waals surface area contributed by atoms with Crippen molar-refractivity contribution < 1.29 is 14.6 Å². The Morgan fingerprint density at radius 1 is 1.00 bits per heavy atom. The molecule has 3 heteroatoms.